The van der Waals surface area contributed by atoms with Gasteiger partial charge in [-0.25, -0.2) is 0 Å². The second-order valence-electron chi connectivity index (χ2n) is 5.53. The summed E-state index contributed by atoms with van der Waals surface area (Å²) < 4.78 is 23.2. The van der Waals surface area contributed by atoms with Gasteiger partial charge in [0.15, 0.2) is 0 Å². The van der Waals surface area contributed by atoms with E-state index in [9.17, 15) is 0 Å². The molecule has 4 nitrogen and oxygen atoms in total. The van der Waals surface area contributed by atoms with Gasteiger partial charge in [0.25, 0.3) is 0 Å². The van der Waals surface area contributed by atoms with Crippen LogP contribution in [0.25, 0.3) is 0 Å². The Kier molecular flexibility index (Phi) is 20.1. The number of halogens is 1. The summed E-state index contributed by atoms with van der Waals surface area (Å²) in [7, 11) is 0. The summed E-state index contributed by atoms with van der Waals surface area (Å²) in [5, 5.41) is 0. The van der Waals surface area contributed by atoms with Gasteiger partial charge in [-0.2, -0.15) is 0 Å². The second-order valence-corrected chi connectivity index (χ2v) is 6.61. The first-order valence-electron chi connectivity index (χ1n) is 8.68. The molecule has 5 heteroatoms. The van der Waals surface area contributed by atoms with Crippen molar-refractivity contribution < 1.29 is 18.9 Å². The molecule has 0 aliphatic carbocycles. The van der Waals surface area contributed by atoms with Gasteiger partial charge in [-0.15, -0.1) is 0 Å². The average molecular weight is 430 g/mol. The van der Waals surface area contributed by atoms with Crippen LogP contribution < -0.4 is 0 Å². The normalized spacial score (nSPS) is 12.7. The highest BCUT2D eigenvalue weighted by molar-refractivity contribution is 14.1. The number of unbranched alkanes of at least 4 members (excludes halogenated alkanes) is 3. The molecule has 1 unspecified atom stereocenters. The zero-order chi connectivity index (χ0) is 16.3. The van der Waals surface area contributed by atoms with Crippen molar-refractivity contribution in [3.05, 3.63) is 0 Å². The Labute approximate surface area is 150 Å². The minimum absolute atomic E-state index is 0.628. The van der Waals surface area contributed by atoms with E-state index in [-0.39, 0.29) is 0 Å². The van der Waals surface area contributed by atoms with Crippen LogP contribution >= 0.6 is 22.6 Å². The molecule has 0 radical (unpaired) electrons. The third-order valence-corrected chi connectivity index (χ3v) is 4.15. The summed E-state index contributed by atoms with van der Waals surface area (Å²) in [5.41, 5.74) is 0. The van der Waals surface area contributed by atoms with E-state index < -0.39 is 0 Å². The smallest absolute Gasteiger partial charge is 0.0701 e. The molecule has 134 valence electrons. The molecule has 0 saturated carbocycles. The van der Waals surface area contributed by atoms with Crippen molar-refractivity contribution in [1.29, 1.82) is 0 Å². The van der Waals surface area contributed by atoms with Gasteiger partial charge in [0.2, 0.25) is 0 Å². The van der Waals surface area contributed by atoms with Crippen LogP contribution in [-0.4, -0.2) is 57.3 Å². The molecule has 1 atom stereocenters. The van der Waals surface area contributed by atoms with E-state index in [1.54, 1.807) is 0 Å². The SMILES string of the molecule is CCC(C)COCCOCCOCCOCCCCCCI. The van der Waals surface area contributed by atoms with Crippen LogP contribution in [0.5, 0.6) is 0 Å². The molecule has 0 amide bonds. The summed E-state index contributed by atoms with van der Waals surface area (Å²) in [6.45, 7) is 9.97. The molecule has 0 rings (SSSR count). The molecule has 0 aliphatic rings. The van der Waals surface area contributed by atoms with Crippen LogP contribution in [0.2, 0.25) is 0 Å². The Hall–Kier alpha value is 0.570. The first-order chi connectivity index (χ1) is 10.8. The monoisotopic (exact) mass is 430 g/mol. The number of rotatable bonds is 18. The summed E-state index contributed by atoms with van der Waals surface area (Å²) in [4.78, 5) is 0. The molecule has 0 aromatic carbocycles. The molecular weight excluding hydrogens is 395 g/mol. The van der Waals surface area contributed by atoms with Gasteiger partial charge in [-0.1, -0.05) is 55.7 Å². The number of hydrogen-bond acceptors (Lipinski definition) is 4. The largest absolute Gasteiger partial charge is 0.379 e. The van der Waals surface area contributed by atoms with E-state index in [0.29, 0.717) is 45.6 Å². The first kappa shape index (κ1) is 22.6. The fraction of sp³-hybridized carbons (Fsp3) is 1.00. The fourth-order valence-corrected chi connectivity index (χ4v) is 2.25. The molecule has 0 aliphatic heterocycles. The van der Waals surface area contributed by atoms with Crippen molar-refractivity contribution in [3.63, 3.8) is 0 Å². The fourth-order valence-electron chi connectivity index (χ4n) is 1.71. The Balaban J connectivity index is 2.97. The first-order valence-corrected chi connectivity index (χ1v) is 10.2. The van der Waals surface area contributed by atoms with E-state index >= 15 is 0 Å². The van der Waals surface area contributed by atoms with Crippen LogP contribution in [0.3, 0.4) is 0 Å². The maximum atomic E-state index is 5.52. The summed E-state index contributed by atoms with van der Waals surface area (Å²) in [6, 6.07) is 0. The third-order valence-electron chi connectivity index (χ3n) is 3.39. The lowest BCUT2D eigenvalue weighted by Crippen LogP contribution is -2.13. The van der Waals surface area contributed by atoms with Crippen molar-refractivity contribution in [3.8, 4) is 0 Å². The van der Waals surface area contributed by atoms with Crippen molar-refractivity contribution in [1.82, 2.24) is 0 Å². The minimum Gasteiger partial charge on any atom is -0.379 e. The van der Waals surface area contributed by atoms with Gasteiger partial charge in [0.1, 0.15) is 0 Å². The molecule has 0 bridgehead atoms. The van der Waals surface area contributed by atoms with Gasteiger partial charge in [0, 0.05) is 13.2 Å². The average Bonchev–Trinajstić information content (AvgIpc) is 2.54. The predicted molar refractivity (Wildman–Crippen MR) is 100 cm³/mol. The van der Waals surface area contributed by atoms with Gasteiger partial charge >= 0.3 is 0 Å². The van der Waals surface area contributed by atoms with Crippen LogP contribution in [0.4, 0.5) is 0 Å². The summed E-state index contributed by atoms with van der Waals surface area (Å²) in [6.07, 6.45) is 6.25. The quantitative estimate of drug-likeness (QED) is 0.187. The lowest BCUT2D eigenvalue weighted by Gasteiger charge is -2.10. The van der Waals surface area contributed by atoms with E-state index in [4.69, 9.17) is 18.9 Å². The Morgan fingerprint density at radius 3 is 1.73 bits per heavy atom. The van der Waals surface area contributed by atoms with Crippen molar-refractivity contribution in [2.45, 2.75) is 46.0 Å². The van der Waals surface area contributed by atoms with Gasteiger partial charge in [0.05, 0.1) is 39.6 Å². The molecule has 22 heavy (non-hydrogen) atoms. The van der Waals surface area contributed by atoms with Crippen molar-refractivity contribution in [2.75, 3.05) is 57.3 Å². The molecular formula is C17H35IO4. The van der Waals surface area contributed by atoms with Crippen LogP contribution in [0.1, 0.15) is 46.0 Å². The second kappa shape index (κ2) is 19.6. The van der Waals surface area contributed by atoms with Gasteiger partial charge in [-0.05, 0) is 23.2 Å². The molecule has 0 fully saturated rings. The lowest BCUT2D eigenvalue weighted by atomic mass is 10.1. The number of ether oxygens (including phenoxy) is 4. The van der Waals surface area contributed by atoms with Gasteiger partial charge < -0.3 is 18.9 Å². The maximum Gasteiger partial charge on any atom is 0.0701 e. The van der Waals surface area contributed by atoms with Crippen LogP contribution in [-0.2, 0) is 18.9 Å². The number of hydrogen-bond donors (Lipinski definition) is 0. The van der Waals surface area contributed by atoms with Crippen LogP contribution in [0.15, 0.2) is 0 Å². The topological polar surface area (TPSA) is 36.9 Å². The van der Waals surface area contributed by atoms with Crippen molar-refractivity contribution >= 4 is 22.6 Å². The third kappa shape index (κ3) is 18.6. The van der Waals surface area contributed by atoms with E-state index in [0.717, 1.165) is 26.1 Å². The molecule has 0 aromatic heterocycles. The van der Waals surface area contributed by atoms with E-state index in [2.05, 4.69) is 36.4 Å². The highest BCUT2D eigenvalue weighted by Crippen LogP contribution is 2.02. The Morgan fingerprint density at radius 2 is 1.18 bits per heavy atom. The molecule has 0 saturated heterocycles. The molecule has 0 N–H and O–H groups in total. The van der Waals surface area contributed by atoms with Gasteiger partial charge in [-0.3, -0.25) is 0 Å². The lowest BCUT2D eigenvalue weighted by molar-refractivity contribution is -0.00562. The highest BCUT2D eigenvalue weighted by atomic mass is 127. The zero-order valence-corrected chi connectivity index (χ0v) is 16.6. The minimum atomic E-state index is 0.628. The Morgan fingerprint density at radius 1 is 0.682 bits per heavy atom. The Bertz CT molecular complexity index is 205. The van der Waals surface area contributed by atoms with Crippen LogP contribution in [0, 0.1) is 5.92 Å². The predicted octanol–water partition coefficient (Wildman–Crippen LogP) is 4.09. The van der Waals surface area contributed by atoms with E-state index in [1.807, 2.05) is 0 Å². The summed E-state index contributed by atoms with van der Waals surface area (Å²) in [5.74, 6) is 0.634. The molecule has 0 spiro atoms. The summed E-state index contributed by atoms with van der Waals surface area (Å²) >= 11 is 2.43. The zero-order valence-electron chi connectivity index (χ0n) is 14.5. The van der Waals surface area contributed by atoms with Crippen molar-refractivity contribution in [2.24, 2.45) is 5.92 Å². The highest BCUT2D eigenvalue weighted by Gasteiger charge is 1.98. The molecule has 0 aromatic rings. The molecule has 0 heterocycles. The number of alkyl halides is 1. The van der Waals surface area contributed by atoms with E-state index in [1.165, 1.54) is 23.7 Å². The standard InChI is InChI=1S/C17H35IO4/c1-3-17(2)16-22-15-14-21-13-12-20-11-10-19-9-7-5-4-6-8-18/h17H,3-16H2,1-2H3. The maximum absolute atomic E-state index is 5.52.